The molecule has 337 valence electrons. The van der Waals surface area contributed by atoms with Crippen LogP contribution in [0.4, 0.5) is 0 Å². The topological polar surface area (TPSA) is 58.2 Å². The predicted molar refractivity (Wildman–Crippen MR) is 286 cm³/mol. The van der Waals surface area contributed by atoms with Crippen LogP contribution in [0.25, 0.3) is 78.2 Å². The summed E-state index contributed by atoms with van der Waals surface area (Å²) in [5, 5.41) is 10.9. The summed E-state index contributed by atoms with van der Waals surface area (Å²) in [6.07, 6.45) is 7.43. The van der Waals surface area contributed by atoms with Gasteiger partial charge in [-0.05, 0) is 0 Å². The van der Waals surface area contributed by atoms with Gasteiger partial charge in [0, 0.05) is 0 Å². The molecule has 0 aliphatic heterocycles. The average Bonchev–Trinajstić information content (AvgIpc) is 3.92. The van der Waals surface area contributed by atoms with Crippen LogP contribution in [0, 0.1) is 11.8 Å². The summed E-state index contributed by atoms with van der Waals surface area (Å²) in [6, 6.07) is 60.4. The molecule has 0 heterocycles. The minimum absolute atomic E-state index is 0.257. The van der Waals surface area contributed by atoms with Gasteiger partial charge in [-0.2, -0.15) is 0 Å². The Morgan fingerprint density at radius 2 is 0.779 bits per heavy atom. The van der Waals surface area contributed by atoms with Crippen LogP contribution in [0.2, 0.25) is 0 Å². The minimum atomic E-state index is -6.13. The van der Waals surface area contributed by atoms with Gasteiger partial charge in [-0.3, -0.25) is 0 Å². The molecule has 0 saturated carbocycles. The van der Waals surface area contributed by atoms with Gasteiger partial charge in [0.1, 0.15) is 0 Å². The van der Waals surface area contributed by atoms with E-state index in [0.29, 0.717) is 12.8 Å². The molecule has 2 N–H and O–H groups in total. The van der Waals surface area contributed by atoms with Crippen LogP contribution in [0.5, 0.6) is 0 Å². The first-order chi connectivity index (χ1) is 33.0. The fraction of sp³-hybridized carbons (Fsp3) is 0.167. The van der Waals surface area contributed by atoms with E-state index in [9.17, 15) is 9.59 Å². The number of hydrogen-bond acceptors (Lipinski definition) is 2. The van der Waals surface area contributed by atoms with E-state index in [4.69, 9.17) is 17.0 Å². The van der Waals surface area contributed by atoms with E-state index in [1.54, 1.807) is 0 Å². The van der Waals surface area contributed by atoms with Gasteiger partial charge >= 0.3 is 412 Å². The summed E-state index contributed by atoms with van der Waals surface area (Å²) >= 11 is -6.13. The second-order valence-corrected chi connectivity index (χ2v) is 40.9. The molecule has 0 radical (unpaired) electrons. The molecular weight excluding hydrogens is 954 g/mol. The SMILES string of the molecule is CC(C)CC1=Cc2c(-c3ccccc3-c3cccc4ccccc34)cccc2[CH]1[Zr]([Cl])([Cl])([B](NC=O)NC=O)[CH]1C(CC(C)C)=Cc2c(-c3ccccc3-c3cccc4ccccc34)cccc21. The van der Waals surface area contributed by atoms with E-state index < -0.39 is 27.9 Å². The number of benzene rings is 8. The summed E-state index contributed by atoms with van der Waals surface area (Å²) in [4.78, 5) is 25.9. The number of halogens is 2. The van der Waals surface area contributed by atoms with Crippen molar-refractivity contribution in [2.45, 2.75) is 47.8 Å². The van der Waals surface area contributed by atoms with Crippen LogP contribution in [0.1, 0.15) is 70.0 Å². The number of carbonyl (C=O) groups excluding carboxylic acids is 2. The first-order valence-electron chi connectivity index (χ1n) is 23.8. The van der Waals surface area contributed by atoms with Crippen LogP contribution >= 0.6 is 17.0 Å². The van der Waals surface area contributed by atoms with Crippen molar-refractivity contribution in [3.05, 3.63) is 203 Å². The number of hydrogen-bond donors (Lipinski definition) is 2. The Bertz CT molecular complexity index is 3110. The van der Waals surface area contributed by atoms with E-state index in [1.807, 2.05) is 0 Å². The van der Waals surface area contributed by atoms with Gasteiger partial charge in [0.15, 0.2) is 0 Å². The third-order valence-corrected chi connectivity index (χ3v) is 34.4. The van der Waals surface area contributed by atoms with Crippen molar-refractivity contribution < 1.29 is 25.8 Å². The molecule has 10 rings (SSSR count). The Labute approximate surface area is 408 Å². The fourth-order valence-corrected chi connectivity index (χ4v) is 32.4. The summed E-state index contributed by atoms with van der Waals surface area (Å²) < 4.78 is -1.99. The number of allylic oxidation sites excluding steroid dienone is 2. The standard InChI is InChI=1S/2C29H25.C2H3BN2O2.2ClH.Zr/c2*1-20(2)17-21-18-23-11-8-16-28(29(23)19-21)27-14-6-5-13-26(27)25-15-7-10-22-9-3-4-12-24(22)25;6-1-4-3-5-2-7;;;/h2*3-16,18-20H,17H2,1-2H3;1-2H,(H-,4,5,6,7);2*1H;/q;;;;;+1/p-1. The Morgan fingerprint density at radius 1 is 0.456 bits per heavy atom. The van der Waals surface area contributed by atoms with Gasteiger partial charge < -0.3 is 0 Å². The second kappa shape index (κ2) is 18.6. The van der Waals surface area contributed by atoms with Crippen molar-refractivity contribution in [3.8, 4) is 44.5 Å². The molecular formula is C60H54BCl2N2O2Zr. The zero-order valence-corrected chi connectivity index (χ0v) is 42.8. The molecule has 2 atom stereocenters. The van der Waals surface area contributed by atoms with Crippen LogP contribution < -0.4 is 10.5 Å². The molecule has 0 spiro atoms. The molecule has 2 aliphatic rings. The summed E-state index contributed by atoms with van der Waals surface area (Å²) in [5.74, 6) is 0.513. The molecule has 0 aromatic heterocycles. The molecule has 0 bridgehead atoms. The van der Waals surface area contributed by atoms with Crippen molar-refractivity contribution >= 4 is 68.1 Å². The molecule has 8 heteroatoms. The van der Waals surface area contributed by atoms with Gasteiger partial charge in [-0.1, -0.05) is 0 Å². The van der Waals surface area contributed by atoms with Gasteiger partial charge in [-0.25, -0.2) is 0 Å². The Kier molecular flexibility index (Phi) is 12.6. The molecule has 2 amide bonds. The first-order valence-corrected chi connectivity index (χ1v) is 34.4. The van der Waals surface area contributed by atoms with Crippen molar-refractivity contribution in [1.82, 2.24) is 10.5 Å². The number of rotatable bonds is 15. The molecule has 0 saturated heterocycles. The first kappa shape index (κ1) is 46.0. The summed E-state index contributed by atoms with van der Waals surface area (Å²) in [5.41, 5.74) is 15.4. The molecule has 0 fully saturated rings. The van der Waals surface area contributed by atoms with Crippen LogP contribution in [-0.2, 0) is 25.8 Å². The average molecular weight is 1010 g/mol. The van der Waals surface area contributed by atoms with Crippen molar-refractivity contribution in [3.63, 3.8) is 0 Å². The van der Waals surface area contributed by atoms with Crippen LogP contribution in [-0.4, -0.2) is 17.3 Å². The monoisotopic (exact) mass is 1010 g/mol. The maximum absolute atomic E-state index is 12.9. The molecule has 4 nitrogen and oxygen atoms in total. The van der Waals surface area contributed by atoms with E-state index in [1.165, 1.54) is 21.5 Å². The zero-order chi connectivity index (χ0) is 47.2. The Balaban J connectivity index is 1.22. The third kappa shape index (κ3) is 7.83. The van der Waals surface area contributed by atoms with Crippen molar-refractivity contribution in [1.29, 1.82) is 0 Å². The van der Waals surface area contributed by atoms with Gasteiger partial charge in [0.25, 0.3) is 0 Å². The van der Waals surface area contributed by atoms with E-state index >= 15 is 0 Å². The van der Waals surface area contributed by atoms with Crippen molar-refractivity contribution in [2.75, 3.05) is 0 Å². The van der Waals surface area contributed by atoms with Crippen LogP contribution in [0.15, 0.2) is 181 Å². The van der Waals surface area contributed by atoms with Gasteiger partial charge in [0.2, 0.25) is 0 Å². The molecule has 2 unspecified atom stereocenters. The summed E-state index contributed by atoms with van der Waals surface area (Å²) in [6.45, 7) is 8.90. The Morgan fingerprint density at radius 3 is 1.18 bits per heavy atom. The van der Waals surface area contributed by atoms with E-state index in [-0.39, 0.29) is 11.8 Å². The summed E-state index contributed by atoms with van der Waals surface area (Å²) in [7, 11) is 18.0. The predicted octanol–water partition coefficient (Wildman–Crippen LogP) is 15.8. The normalized spacial score (nSPS) is 15.9. The molecule has 2 aliphatic carbocycles. The third-order valence-electron chi connectivity index (χ3n) is 14.3. The van der Waals surface area contributed by atoms with Crippen molar-refractivity contribution in [2.24, 2.45) is 11.8 Å². The number of carbonyl (C=O) groups is 2. The molecule has 8 aromatic rings. The van der Waals surface area contributed by atoms with Crippen LogP contribution in [0.3, 0.4) is 0 Å². The van der Waals surface area contributed by atoms with E-state index in [0.717, 1.165) is 90.7 Å². The number of amides is 2. The van der Waals surface area contributed by atoms with E-state index in [2.05, 4.69) is 220 Å². The number of fused-ring (bicyclic) bond motifs is 4. The Hall–Kier alpha value is -5.77. The number of nitrogens with one attached hydrogen (secondary N) is 2. The quantitative estimate of drug-likeness (QED) is 0.0794. The molecule has 68 heavy (non-hydrogen) atoms. The fourth-order valence-electron chi connectivity index (χ4n) is 11.8. The zero-order valence-electron chi connectivity index (χ0n) is 38.8. The second-order valence-electron chi connectivity index (χ2n) is 19.5. The van der Waals surface area contributed by atoms with Gasteiger partial charge in [0.05, 0.1) is 0 Å². The maximum atomic E-state index is 12.9. The molecule has 8 aromatic carbocycles. The van der Waals surface area contributed by atoms with Gasteiger partial charge in [-0.15, -0.1) is 0 Å².